The number of carbonyl (C=O) groups is 1. The minimum Gasteiger partial charge on any atom is -0.321 e. The number of hydrogen-bond acceptors (Lipinski definition) is 6. The van der Waals surface area contributed by atoms with Crippen LogP contribution in [0.2, 0.25) is 0 Å². The van der Waals surface area contributed by atoms with E-state index in [1.165, 1.54) is 0 Å². The summed E-state index contributed by atoms with van der Waals surface area (Å²) in [6, 6.07) is 18.1. The Labute approximate surface area is 205 Å². The van der Waals surface area contributed by atoms with Gasteiger partial charge < -0.3 is 5.32 Å². The van der Waals surface area contributed by atoms with Crippen LogP contribution >= 0.6 is 0 Å². The lowest BCUT2D eigenvalue weighted by atomic mass is 10.0. The summed E-state index contributed by atoms with van der Waals surface area (Å²) < 4.78 is 42.6. The molecule has 3 aromatic carbocycles. The number of nitro benzene ring substituents is 1. The van der Waals surface area contributed by atoms with Crippen LogP contribution in [-0.4, -0.2) is 25.4 Å². The van der Waals surface area contributed by atoms with Gasteiger partial charge in [-0.3, -0.25) is 14.9 Å². The number of carbonyl (C=O) groups excluding carboxylic acids is 1. The monoisotopic (exact) mass is 502 g/mol. The van der Waals surface area contributed by atoms with Crippen molar-refractivity contribution < 1.29 is 22.9 Å². The predicted molar refractivity (Wildman–Crippen MR) is 127 cm³/mol. The maximum atomic E-state index is 14.0. The summed E-state index contributed by atoms with van der Waals surface area (Å²) in [6.45, 7) is 0. The van der Waals surface area contributed by atoms with Gasteiger partial charge in [0.05, 0.1) is 28.1 Å². The molecule has 12 heteroatoms. The Morgan fingerprint density at radius 2 is 1.84 bits per heavy atom. The number of non-ortho nitro benzene ring substituents is 1. The van der Waals surface area contributed by atoms with Gasteiger partial charge in [-0.15, -0.1) is 0 Å². The number of nitriles is 1. The SMILES string of the molecule is N#Cc1cc([N+](=O)[O-])ccc1NC(=O)c1cnn2c(C(F)(F)F)cc(-c3cccc4ccccc34)nc12. The third-order valence-corrected chi connectivity index (χ3v) is 5.66. The van der Waals surface area contributed by atoms with Gasteiger partial charge in [-0.1, -0.05) is 42.5 Å². The molecule has 0 unspecified atom stereocenters. The summed E-state index contributed by atoms with van der Waals surface area (Å²) >= 11 is 0. The number of rotatable bonds is 4. The first-order valence-electron chi connectivity index (χ1n) is 10.6. The number of nitro groups is 1. The molecule has 2 heterocycles. The Balaban J connectivity index is 1.65. The zero-order valence-corrected chi connectivity index (χ0v) is 18.5. The molecular weight excluding hydrogens is 489 g/mol. The first-order chi connectivity index (χ1) is 17.7. The van der Waals surface area contributed by atoms with Crippen molar-refractivity contribution in [2.75, 3.05) is 5.32 Å². The Kier molecular flexibility index (Phi) is 5.52. The fourth-order valence-corrected chi connectivity index (χ4v) is 3.95. The van der Waals surface area contributed by atoms with E-state index in [0.717, 1.165) is 35.8 Å². The second-order valence-corrected chi connectivity index (χ2v) is 7.90. The molecule has 5 rings (SSSR count). The van der Waals surface area contributed by atoms with E-state index in [4.69, 9.17) is 0 Å². The van der Waals surface area contributed by atoms with Crippen molar-refractivity contribution in [2.24, 2.45) is 0 Å². The van der Waals surface area contributed by atoms with E-state index in [0.29, 0.717) is 15.5 Å². The average Bonchev–Trinajstić information content (AvgIpc) is 3.31. The lowest BCUT2D eigenvalue weighted by molar-refractivity contribution is -0.384. The quantitative estimate of drug-likeness (QED) is 0.252. The van der Waals surface area contributed by atoms with Gasteiger partial charge in [-0.2, -0.15) is 23.5 Å². The van der Waals surface area contributed by atoms with Crippen LogP contribution in [0.15, 0.2) is 72.9 Å². The van der Waals surface area contributed by atoms with E-state index in [1.54, 1.807) is 36.4 Å². The van der Waals surface area contributed by atoms with Gasteiger partial charge in [0.25, 0.3) is 11.6 Å². The van der Waals surface area contributed by atoms with E-state index in [-0.39, 0.29) is 33.8 Å². The molecule has 1 amide bonds. The van der Waals surface area contributed by atoms with Gasteiger partial charge in [0.15, 0.2) is 11.3 Å². The molecule has 2 aromatic heterocycles. The van der Waals surface area contributed by atoms with Crippen LogP contribution in [-0.2, 0) is 6.18 Å². The standard InChI is InChI=1S/C25H13F3N6O3/c26-25(27,28)22-11-21(18-7-3-5-14-4-1-2-6-17(14)18)31-23-19(13-30-33(22)23)24(35)32-20-9-8-16(34(36)37)10-15(20)12-29/h1-11,13H,(H,32,35). The van der Waals surface area contributed by atoms with Crippen LogP contribution in [0.3, 0.4) is 0 Å². The number of benzene rings is 3. The largest absolute Gasteiger partial charge is 0.433 e. The van der Waals surface area contributed by atoms with E-state index in [1.807, 2.05) is 12.1 Å². The summed E-state index contributed by atoms with van der Waals surface area (Å²) in [7, 11) is 0. The lowest BCUT2D eigenvalue weighted by Gasteiger charge is -2.13. The maximum absolute atomic E-state index is 14.0. The molecule has 0 radical (unpaired) electrons. The number of alkyl halides is 3. The van der Waals surface area contributed by atoms with Crippen molar-refractivity contribution in [3.05, 3.63) is 99.9 Å². The molecule has 0 bridgehead atoms. The Bertz CT molecular complexity index is 1770. The summed E-state index contributed by atoms with van der Waals surface area (Å²) in [5.41, 5.74) is -1.96. The highest BCUT2D eigenvalue weighted by Crippen LogP contribution is 2.35. The van der Waals surface area contributed by atoms with Crippen molar-refractivity contribution in [2.45, 2.75) is 6.18 Å². The molecule has 0 fully saturated rings. The minimum absolute atomic E-state index is 0.0146. The topological polar surface area (TPSA) is 126 Å². The highest BCUT2D eigenvalue weighted by atomic mass is 19.4. The van der Waals surface area contributed by atoms with Crippen LogP contribution in [0.1, 0.15) is 21.6 Å². The molecule has 0 aliphatic rings. The molecule has 0 aliphatic heterocycles. The van der Waals surface area contributed by atoms with Crippen molar-refractivity contribution in [3.8, 4) is 17.3 Å². The predicted octanol–water partition coefficient (Wildman–Crippen LogP) is 5.60. The maximum Gasteiger partial charge on any atom is 0.433 e. The summed E-state index contributed by atoms with van der Waals surface area (Å²) in [5, 5.41) is 27.9. The zero-order chi connectivity index (χ0) is 26.3. The Morgan fingerprint density at radius 3 is 2.57 bits per heavy atom. The number of aromatic nitrogens is 3. The Morgan fingerprint density at radius 1 is 1.08 bits per heavy atom. The molecule has 182 valence electrons. The molecule has 0 spiro atoms. The van der Waals surface area contributed by atoms with Crippen LogP contribution in [0.25, 0.3) is 27.7 Å². The number of anilines is 1. The number of nitrogens with one attached hydrogen (secondary N) is 1. The average molecular weight is 502 g/mol. The molecule has 0 saturated carbocycles. The molecular formula is C25H13F3N6O3. The highest BCUT2D eigenvalue weighted by Gasteiger charge is 2.36. The second-order valence-electron chi connectivity index (χ2n) is 7.90. The van der Waals surface area contributed by atoms with Crippen LogP contribution in [0.5, 0.6) is 0 Å². The molecule has 5 aromatic rings. The fraction of sp³-hybridized carbons (Fsp3) is 0.0400. The van der Waals surface area contributed by atoms with E-state index >= 15 is 0 Å². The molecule has 9 nitrogen and oxygen atoms in total. The Hall–Kier alpha value is -5.31. The van der Waals surface area contributed by atoms with Crippen LogP contribution < -0.4 is 5.32 Å². The number of halogens is 3. The number of amides is 1. The van der Waals surface area contributed by atoms with E-state index < -0.39 is 22.7 Å². The van der Waals surface area contributed by atoms with Gasteiger partial charge in [0.1, 0.15) is 11.6 Å². The number of fused-ring (bicyclic) bond motifs is 2. The van der Waals surface area contributed by atoms with Gasteiger partial charge in [0.2, 0.25) is 0 Å². The smallest absolute Gasteiger partial charge is 0.321 e. The first kappa shape index (κ1) is 23.4. The normalized spacial score (nSPS) is 11.4. The van der Waals surface area contributed by atoms with E-state index in [9.17, 15) is 33.3 Å². The fourth-order valence-electron chi connectivity index (χ4n) is 3.95. The molecule has 0 saturated heterocycles. The second kappa shape index (κ2) is 8.72. The number of hydrogen-bond donors (Lipinski definition) is 1. The molecule has 1 N–H and O–H groups in total. The molecule has 0 aliphatic carbocycles. The molecule has 37 heavy (non-hydrogen) atoms. The third-order valence-electron chi connectivity index (χ3n) is 5.66. The van der Waals surface area contributed by atoms with Gasteiger partial charge in [0, 0.05) is 17.7 Å². The third kappa shape index (κ3) is 4.19. The van der Waals surface area contributed by atoms with Crippen molar-refractivity contribution in [3.63, 3.8) is 0 Å². The van der Waals surface area contributed by atoms with E-state index in [2.05, 4.69) is 15.4 Å². The lowest BCUT2D eigenvalue weighted by Crippen LogP contribution is -2.16. The van der Waals surface area contributed by atoms with Gasteiger partial charge >= 0.3 is 6.18 Å². The number of nitrogens with zero attached hydrogens (tertiary/aromatic N) is 5. The van der Waals surface area contributed by atoms with Crippen molar-refractivity contribution in [1.82, 2.24) is 14.6 Å². The highest BCUT2D eigenvalue weighted by molar-refractivity contribution is 6.09. The van der Waals surface area contributed by atoms with Crippen LogP contribution in [0, 0.1) is 21.4 Å². The molecule has 0 atom stereocenters. The van der Waals surface area contributed by atoms with Crippen molar-refractivity contribution >= 4 is 33.7 Å². The van der Waals surface area contributed by atoms with Gasteiger partial charge in [-0.25, -0.2) is 9.50 Å². The summed E-state index contributed by atoms with van der Waals surface area (Å²) in [4.78, 5) is 27.7. The van der Waals surface area contributed by atoms with Crippen molar-refractivity contribution in [1.29, 1.82) is 5.26 Å². The summed E-state index contributed by atoms with van der Waals surface area (Å²) in [6.07, 6.45) is -3.87. The van der Waals surface area contributed by atoms with Gasteiger partial charge in [-0.05, 0) is 22.9 Å². The first-order valence-corrected chi connectivity index (χ1v) is 10.6. The zero-order valence-electron chi connectivity index (χ0n) is 18.5. The van der Waals surface area contributed by atoms with Crippen LogP contribution in [0.4, 0.5) is 24.5 Å². The minimum atomic E-state index is -4.81. The summed E-state index contributed by atoms with van der Waals surface area (Å²) in [5.74, 6) is -0.893.